The first kappa shape index (κ1) is 14.6. The molecule has 0 aliphatic rings. The number of thioether (sulfide) groups is 1. The van der Waals surface area contributed by atoms with Crippen LogP contribution in [0.15, 0.2) is 29.2 Å². The number of rotatable bonds is 5. The van der Waals surface area contributed by atoms with Crippen LogP contribution in [0.5, 0.6) is 0 Å². The monoisotopic (exact) mass is 292 g/mol. The lowest BCUT2D eigenvalue weighted by Crippen LogP contribution is -2.19. The van der Waals surface area contributed by atoms with Gasteiger partial charge in [0, 0.05) is 22.2 Å². The van der Waals surface area contributed by atoms with Gasteiger partial charge in [0.1, 0.15) is 0 Å². The van der Waals surface area contributed by atoms with Crippen molar-refractivity contribution in [2.45, 2.75) is 31.2 Å². The number of aryl methyl sites for hydroxylation is 2. The summed E-state index contributed by atoms with van der Waals surface area (Å²) in [5.74, 6) is 0. The topological polar surface area (TPSA) is 24.9 Å². The Morgan fingerprint density at radius 3 is 2.63 bits per heavy atom. The van der Waals surface area contributed by atoms with Crippen molar-refractivity contribution in [3.63, 3.8) is 0 Å². The number of nitrogens with zero attached hydrogens (tertiary/aromatic N) is 1. The first-order chi connectivity index (χ1) is 9.15. The van der Waals surface area contributed by atoms with E-state index < -0.39 is 0 Å². The molecule has 19 heavy (non-hydrogen) atoms. The summed E-state index contributed by atoms with van der Waals surface area (Å²) in [6, 6.07) is 8.93. The molecule has 1 heterocycles. The molecule has 0 spiro atoms. The molecule has 0 saturated heterocycles. The molecular weight excluding hydrogens is 272 g/mol. The van der Waals surface area contributed by atoms with E-state index in [2.05, 4.69) is 54.7 Å². The zero-order chi connectivity index (χ0) is 13.8. The molecule has 0 aliphatic carbocycles. The number of benzene rings is 1. The van der Waals surface area contributed by atoms with Gasteiger partial charge in [0.15, 0.2) is 0 Å². The van der Waals surface area contributed by atoms with E-state index in [-0.39, 0.29) is 0 Å². The molecule has 2 aromatic rings. The number of aromatic nitrogens is 1. The van der Waals surface area contributed by atoms with Gasteiger partial charge in [-0.2, -0.15) is 0 Å². The summed E-state index contributed by atoms with van der Waals surface area (Å²) in [7, 11) is 2.02. The van der Waals surface area contributed by atoms with Crippen molar-refractivity contribution in [3.8, 4) is 0 Å². The first-order valence-electron chi connectivity index (χ1n) is 6.38. The van der Waals surface area contributed by atoms with Gasteiger partial charge in [0.2, 0.25) is 0 Å². The van der Waals surface area contributed by atoms with Crippen molar-refractivity contribution in [1.82, 2.24) is 10.3 Å². The molecule has 1 unspecified atom stereocenters. The summed E-state index contributed by atoms with van der Waals surface area (Å²) in [5.41, 5.74) is 2.52. The minimum absolute atomic E-state index is 0.327. The van der Waals surface area contributed by atoms with Crippen LogP contribution in [0.2, 0.25) is 0 Å². The Morgan fingerprint density at radius 1 is 1.32 bits per heavy atom. The lowest BCUT2D eigenvalue weighted by Gasteiger charge is -2.18. The van der Waals surface area contributed by atoms with E-state index in [9.17, 15) is 0 Å². The third-order valence-electron chi connectivity index (χ3n) is 3.31. The van der Waals surface area contributed by atoms with E-state index >= 15 is 0 Å². The van der Waals surface area contributed by atoms with Crippen LogP contribution in [0.3, 0.4) is 0 Å². The molecule has 1 atom stereocenters. The fraction of sp³-hybridized carbons (Fsp3) is 0.400. The Hall–Kier alpha value is -0.840. The molecule has 0 aliphatic heterocycles. The van der Waals surface area contributed by atoms with Gasteiger partial charge in [-0.05, 0) is 38.8 Å². The average Bonchev–Trinajstić information content (AvgIpc) is 2.75. The SMILES string of the molecule is CNC(Cc1nc(C)c(C)s1)c1ccccc1SC. The number of hydrogen-bond donors (Lipinski definition) is 1. The van der Waals surface area contributed by atoms with Gasteiger partial charge in [-0.25, -0.2) is 4.98 Å². The Balaban J connectivity index is 2.24. The summed E-state index contributed by atoms with van der Waals surface area (Å²) < 4.78 is 0. The van der Waals surface area contributed by atoms with Crippen LogP contribution in [0.1, 0.15) is 27.2 Å². The molecule has 0 bridgehead atoms. The van der Waals surface area contributed by atoms with Gasteiger partial charge in [-0.15, -0.1) is 23.1 Å². The molecule has 4 heteroatoms. The minimum atomic E-state index is 0.327. The summed E-state index contributed by atoms with van der Waals surface area (Å²) >= 11 is 3.61. The van der Waals surface area contributed by atoms with Crippen molar-refractivity contribution < 1.29 is 0 Å². The maximum Gasteiger partial charge on any atom is 0.0949 e. The van der Waals surface area contributed by atoms with Crippen LogP contribution in [0, 0.1) is 13.8 Å². The number of likely N-dealkylation sites (N-methyl/N-ethyl adjacent to an activating group) is 1. The average molecular weight is 292 g/mol. The fourth-order valence-electron chi connectivity index (χ4n) is 2.12. The van der Waals surface area contributed by atoms with Crippen LogP contribution in [0.4, 0.5) is 0 Å². The van der Waals surface area contributed by atoms with Gasteiger partial charge in [-0.3, -0.25) is 0 Å². The highest BCUT2D eigenvalue weighted by molar-refractivity contribution is 7.98. The van der Waals surface area contributed by atoms with E-state index in [1.165, 1.54) is 20.3 Å². The summed E-state index contributed by atoms with van der Waals surface area (Å²) in [4.78, 5) is 7.31. The van der Waals surface area contributed by atoms with Crippen molar-refractivity contribution in [2.24, 2.45) is 0 Å². The van der Waals surface area contributed by atoms with Crippen LogP contribution in [-0.2, 0) is 6.42 Å². The van der Waals surface area contributed by atoms with Crippen LogP contribution < -0.4 is 5.32 Å². The predicted octanol–water partition coefficient (Wildman–Crippen LogP) is 3.99. The molecule has 1 aromatic heterocycles. The van der Waals surface area contributed by atoms with E-state index in [4.69, 9.17) is 0 Å². The molecule has 1 N–H and O–H groups in total. The summed E-state index contributed by atoms with van der Waals surface area (Å²) in [5, 5.41) is 4.64. The zero-order valence-corrected chi connectivity index (χ0v) is 13.5. The zero-order valence-electron chi connectivity index (χ0n) is 11.9. The molecule has 0 saturated carbocycles. The highest BCUT2D eigenvalue weighted by Gasteiger charge is 2.16. The van der Waals surface area contributed by atoms with Crippen molar-refractivity contribution in [1.29, 1.82) is 0 Å². The normalized spacial score (nSPS) is 12.6. The molecule has 102 valence electrons. The Morgan fingerprint density at radius 2 is 2.05 bits per heavy atom. The quantitative estimate of drug-likeness (QED) is 0.844. The number of hydrogen-bond acceptors (Lipinski definition) is 4. The van der Waals surface area contributed by atoms with Crippen molar-refractivity contribution >= 4 is 23.1 Å². The van der Waals surface area contributed by atoms with Crippen LogP contribution in [-0.4, -0.2) is 18.3 Å². The van der Waals surface area contributed by atoms with E-state index in [0.29, 0.717) is 6.04 Å². The maximum atomic E-state index is 4.65. The van der Waals surface area contributed by atoms with Crippen LogP contribution in [0.25, 0.3) is 0 Å². The smallest absolute Gasteiger partial charge is 0.0949 e. The van der Waals surface area contributed by atoms with Crippen molar-refractivity contribution in [2.75, 3.05) is 13.3 Å². The van der Waals surface area contributed by atoms with Gasteiger partial charge in [0.25, 0.3) is 0 Å². The summed E-state index contributed by atoms with van der Waals surface area (Å²) in [6.07, 6.45) is 3.08. The van der Waals surface area contributed by atoms with Crippen LogP contribution >= 0.6 is 23.1 Å². The Bertz CT molecular complexity index is 529. The standard InChI is InChI=1S/C15H20N2S2/c1-10-11(2)19-15(17-10)9-13(16-3)12-7-5-6-8-14(12)18-4/h5-8,13,16H,9H2,1-4H3. The maximum absolute atomic E-state index is 4.65. The second-order valence-corrected chi connectivity index (χ2v) is 6.67. The molecular formula is C15H20N2S2. The molecule has 2 rings (SSSR count). The number of nitrogens with one attached hydrogen (secondary N) is 1. The molecule has 0 amide bonds. The van der Waals surface area contributed by atoms with E-state index in [1.807, 2.05) is 18.4 Å². The molecule has 2 nitrogen and oxygen atoms in total. The minimum Gasteiger partial charge on any atom is -0.313 e. The van der Waals surface area contributed by atoms with Crippen molar-refractivity contribution in [3.05, 3.63) is 45.4 Å². The lowest BCUT2D eigenvalue weighted by atomic mass is 10.0. The first-order valence-corrected chi connectivity index (χ1v) is 8.43. The molecule has 0 radical (unpaired) electrons. The van der Waals surface area contributed by atoms with Gasteiger partial charge >= 0.3 is 0 Å². The largest absolute Gasteiger partial charge is 0.313 e. The molecule has 1 aromatic carbocycles. The Kier molecular flexibility index (Phi) is 5.02. The highest BCUT2D eigenvalue weighted by Crippen LogP contribution is 2.29. The predicted molar refractivity (Wildman–Crippen MR) is 85.3 cm³/mol. The second-order valence-electron chi connectivity index (χ2n) is 4.54. The summed E-state index contributed by atoms with van der Waals surface area (Å²) in [6.45, 7) is 4.22. The van der Waals surface area contributed by atoms with E-state index in [0.717, 1.165) is 12.1 Å². The third-order valence-corrected chi connectivity index (χ3v) is 5.22. The van der Waals surface area contributed by atoms with E-state index in [1.54, 1.807) is 11.8 Å². The fourth-order valence-corrected chi connectivity index (χ4v) is 3.76. The molecule has 0 fully saturated rings. The number of thiazole rings is 1. The highest BCUT2D eigenvalue weighted by atomic mass is 32.2. The van der Waals surface area contributed by atoms with Gasteiger partial charge in [-0.1, -0.05) is 18.2 Å². The lowest BCUT2D eigenvalue weighted by molar-refractivity contribution is 0.581. The Labute approximate surface area is 123 Å². The third kappa shape index (κ3) is 3.38. The second kappa shape index (κ2) is 6.55. The van der Waals surface area contributed by atoms with Gasteiger partial charge in [0.05, 0.1) is 10.7 Å². The van der Waals surface area contributed by atoms with Gasteiger partial charge < -0.3 is 5.32 Å².